The molecule has 8 heteroatoms. The van der Waals surface area contributed by atoms with Crippen LogP contribution >= 0.6 is 34.2 Å². The highest BCUT2D eigenvalue weighted by molar-refractivity contribution is 14.1. The molecule has 3 rings (SSSR count). The summed E-state index contributed by atoms with van der Waals surface area (Å²) in [6, 6.07) is 17.0. The van der Waals surface area contributed by atoms with E-state index in [-0.39, 0.29) is 10.6 Å². The summed E-state index contributed by atoms with van der Waals surface area (Å²) < 4.78 is 37.0. The van der Waals surface area contributed by atoms with Crippen LogP contribution in [0.2, 0.25) is 5.02 Å². The first-order valence-electron chi connectivity index (χ1n) is 9.06. The fraction of sp³-hybridized carbons (Fsp3) is 0.136. The highest BCUT2D eigenvalue weighted by Crippen LogP contribution is 2.36. The van der Waals surface area contributed by atoms with Crippen molar-refractivity contribution in [1.29, 1.82) is 0 Å². The zero-order valence-corrected chi connectivity index (χ0v) is 20.0. The summed E-state index contributed by atoms with van der Waals surface area (Å²) >= 11 is 8.17. The van der Waals surface area contributed by atoms with E-state index in [1.165, 1.54) is 12.1 Å². The van der Waals surface area contributed by atoms with Gasteiger partial charge >= 0.3 is 10.1 Å². The van der Waals surface area contributed by atoms with Gasteiger partial charge in [0.25, 0.3) is 0 Å². The van der Waals surface area contributed by atoms with Crippen LogP contribution in [0.25, 0.3) is 0 Å². The van der Waals surface area contributed by atoms with E-state index in [4.69, 9.17) is 20.5 Å². The number of hydrogen-bond acceptors (Lipinski definition) is 5. The van der Waals surface area contributed by atoms with Crippen LogP contribution in [-0.4, -0.2) is 21.2 Å². The fourth-order valence-corrected chi connectivity index (χ4v) is 4.60. The van der Waals surface area contributed by atoms with E-state index in [1.54, 1.807) is 42.6 Å². The first kappa shape index (κ1) is 22.6. The Balaban J connectivity index is 1.94. The Hall–Kier alpha value is -2.10. The molecule has 3 aromatic carbocycles. The first-order chi connectivity index (χ1) is 14.3. The van der Waals surface area contributed by atoms with Gasteiger partial charge < -0.3 is 8.92 Å². The van der Waals surface area contributed by atoms with Crippen molar-refractivity contribution >= 4 is 56.2 Å². The number of aliphatic imine (C=N–C) groups is 1. The van der Waals surface area contributed by atoms with Crippen molar-refractivity contribution in [1.82, 2.24) is 0 Å². The van der Waals surface area contributed by atoms with Crippen LogP contribution in [0.1, 0.15) is 18.1 Å². The molecule has 156 valence electrons. The monoisotopic (exact) mass is 555 g/mol. The molecular weight excluding hydrogens is 537 g/mol. The second kappa shape index (κ2) is 9.80. The predicted molar refractivity (Wildman–Crippen MR) is 128 cm³/mol. The molecule has 0 aliphatic carbocycles. The summed E-state index contributed by atoms with van der Waals surface area (Å²) in [6.07, 6.45) is 1.67. The Morgan fingerprint density at radius 1 is 1.10 bits per heavy atom. The van der Waals surface area contributed by atoms with Crippen LogP contribution in [0.4, 0.5) is 5.69 Å². The largest absolute Gasteiger partial charge is 0.490 e. The number of rotatable bonds is 7. The Labute approximate surface area is 195 Å². The first-order valence-corrected chi connectivity index (χ1v) is 11.9. The van der Waals surface area contributed by atoms with Crippen molar-refractivity contribution in [3.8, 4) is 11.5 Å². The van der Waals surface area contributed by atoms with Crippen LogP contribution < -0.4 is 8.92 Å². The molecular formula is C22H19ClINO4S. The van der Waals surface area contributed by atoms with Gasteiger partial charge in [-0.25, -0.2) is 0 Å². The molecule has 30 heavy (non-hydrogen) atoms. The molecule has 5 nitrogen and oxygen atoms in total. The molecule has 0 spiro atoms. The summed E-state index contributed by atoms with van der Waals surface area (Å²) in [6.45, 7) is 4.10. The van der Waals surface area contributed by atoms with E-state index in [2.05, 4.69) is 4.99 Å². The molecule has 3 aromatic rings. The Morgan fingerprint density at radius 2 is 1.83 bits per heavy atom. The second-order valence-electron chi connectivity index (χ2n) is 6.31. The zero-order valence-electron chi connectivity index (χ0n) is 16.3. The van der Waals surface area contributed by atoms with Gasteiger partial charge in [0.15, 0.2) is 11.5 Å². The second-order valence-corrected chi connectivity index (χ2v) is 9.42. The van der Waals surface area contributed by atoms with E-state index in [0.717, 1.165) is 11.1 Å². The topological polar surface area (TPSA) is 65.0 Å². The summed E-state index contributed by atoms with van der Waals surface area (Å²) in [5.74, 6) is 0.476. The normalized spacial score (nSPS) is 11.6. The number of benzene rings is 3. The van der Waals surface area contributed by atoms with Crippen LogP contribution in [0.5, 0.6) is 11.5 Å². The van der Waals surface area contributed by atoms with Gasteiger partial charge in [0.2, 0.25) is 0 Å². The number of ether oxygens (including phenoxy) is 1. The molecule has 0 aliphatic heterocycles. The molecule has 0 aliphatic rings. The van der Waals surface area contributed by atoms with Gasteiger partial charge in [-0.05, 0) is 84.0 Å². The molecule has 0 bridgehead atoms. The van der Waals surface area contributed by atoms with Crippen molar-refractivity contribution in [2.75, 3.05) is 6.61 Å². The maximum Gasteiger partial charge on any atom is 0.339 e. The molecule has 0 heterocycles. The lowest BCUT2D eigenvalue weighted by Gasteiger charge is -2.14. The van der Waals surface area contributed by atoms with Gasteiger partial charge in [-0.3, -0.25) is 4.99 Å². The van der Waals surface area contributed by atoms with Gasteiger partial charge in [-0.1, -0.05) is 35.9 Å². The minimum absolute atomic E-state index is 0.0742. The van der Waals surface area contributed by atoms with Crippen molar-refractivity contribution in [3.05, 3.63) is 80.4 Å². The van der Waals surface area contributed by atoms with Crippen LogP contribution in [0.15, 0.2) is 70.6 Å². The molecule has 0 radical (unpaired) electrons. The lowest BCUT2D eigenvalue weighted by atomic mass is 10.2. The minimum atomic E-state index is -3.99. The van der Waals surface area contributed by atoms with E-state index in [1.807, 2.05) is 48.6 Å². The van der Waals surface area contributed by atoms with Crippen LogP contribution in [0.3, 0.4) is 0 Å². The van der Waals surface area contributed by atoms with Gasteiger partial charge in [0.05, 0.1) is 15.9 Å². The maximum absolute atomic E-state index is 12.6. The zero-order chi connectivity index (χ0) is 21.7. The lowest BCUT2D eigenvalue weighted by Crippen LogP contribution is -2.12. The third-order valence-corrected chi connectivity index (χ3v) is 6.52. The van der Waals surface area contributed by atoms with Gasteiger partial charge in [-0.15, -0.1) is 0 Å². The van der Waals surface area contributed by atoms with Gasteiger partial charge in [0, 0.05) is 11.2 Å². The lowest BCUT2D eigenvalue weighted by molar-refractivity contribution is 0.327. The fourth-order valence-electron chi connectivity index (χ4n) is 2.56. The highest BCUT2D eigenvalue weighted by Gasteiger charge is 2.21. The van der Waals surface area contributed by atoms with Crippen molar-refractivity contribution in [2.24, 2.45) is 4.99 Å². The average Bonchev–Trinajstić information content (AvgIpc) is 2.72. The van der Waals surface area contributed by atoms with Crippen LogP contribution in [-0.2, 0) is 10.1 Å². The van der Waals surface area contributed by atoms with Crippen molar-refractivity contribution < 1.29 is 17.3 Å². The Kier molecular flexibility index (Phi) is 7.38. The number of aryl methyl sites for hydroxylation is 1. The Bertz CT molecular complexity index is 1180. The summed E-state index contributed by atoms with van der Waals surface area (Å²) in [5.41, 5.74) is 2.43. The number of hydrogen-bond donors (Lipinski definition) is 0. The predicted octanol–water partition coefficient (Wildman–Crippen LogP) is 6.17. The standard InChI is InChI=1S/C22H19ClINO4S/c1-3-28-21-12-16(14-25-17-10-9-15(2)19(23)13-17)11-20(24)22(21)29-30(26,27)18-7-5-4-6-8-18/h4-14H,3H2,1-2H3. The molecule has 0 fully saturated rings. The summed E-state index contributed by atoms with van der Waals surface area (Å²) in [4.78, 5) is 4.52. The smallest absolute Gasteiger partial charge is 0.339 e. The van der Waals surface area contributed by atoms with E-state index in [0.29, 0.717) is 26.6 Å². The van der Waals surface area contributed by atoms with Crippen molar-refractivity contribution in [3.63, 3.8) is 0 Å². The van der Waals surface area contributed by atoms with Crippen LogP contribution in [0, 0.1) is 10.5 Å². The summed E-state index contributed by atoms with van der Waals surface area (Å²) in [5, 5.41) is 0.643. The molecule has 0 atom stereocenters. The molecule has 0 saturated carbocycles. The van der Waals surface area contributed by atoms with Crippen molar-refractivity contribution in [2.45, 2.75) is 18.7 Å². The molecule has 0 amide bonds. The highest BCUT2D eigenvalue weighted by atomic mass is 127. The third-order valence-electron chi connectivity index (χ3n) is 4.07. The Morgan fingerprint density at radius 3 is 2.50 bits per heavy atom. The number of nitrogens with zero attached hydrogens (tertiary/aromatic N) is 1. The third kappa shape index (κ3) is 5.53. The summed E-state index contributed by atoms with van der Waals surface area (Å²) in [7, 11) is -3.99. The van der Waals surface area contributed by atoms with E-state index in [9.17, 15) is 8.42 Å². The molecule has 0 unspecified atom stereocenters. The molecule has 0 N–H and O–H groups in total. The van der Waals surface area contributed by atoms with E-state index < -0.39 is 10.1 Å². The molecule has 0 aromatic heterocycles. The quantitative estimate of drug-likeness (QED) is 0.199. The number of halogens is 2. The SMILES string of the molecule is CCOc1cc(C=Nc2ccc(C)c(Cl)c2)cc(I)c1OS(=O)(=O)c1ccccc1. The van der Waals surface area contributed by atoms with Gasteiger partial charge in [0.1, 0.15) is 4.90 Å². The maximum atomic E-state index is 12.6. The molecule has 0 saturated heterocycles. The average molecular weight is 556 g/mol. The van der Waals surface area contributed by atoms with E-state index >= 15 is 0 Å². The van der Waals surface area contributed by atoms with Gasteiger partial charge in [-0.2, -0.15) is 8.42 Å². The minimum Gasteiger partial charge on any atom is -0.490 e.